The molecule has 1 aliphatic carbocycles. The Hall–Kier alpha value is -1.16. The normalized spacial score (nSPS) is 15.1. The van der Waals surface area contributed by atoms with E-state index in [9.17, 15) is 4.79 Å². The molecule has 0 atom stereocenters. The summed E-state index contributed by atoms with van der Waals surface area (Å²) in [6.07, 6.45) is 8.23. The number of allylic oxidation sites excluding steroid dienone is 4. The number of alkyl halides is 1. The molecule has 0 N–H and O–H groups in total. The van der Waals surface area contributed by atoms with Gasteiger partial charge in [-0.3, -0.25) is 4.79 Å². The van der Waals surface area contributed by atoms with E-state index in [2.05, 4.69) is 33.2 Å². The van der Waals surface area contributed by atoms with Crippen LogP contribution in [-0.4, -0.2) is 16.3 Å². The first-order valence-electron chi connectivity index (χ1n) is 4.74. The highest BCUT2D eigenvalue weighted by Crippen LogP contribution is 2.22. The first kappa shape index (κ1) is 10.4. The van der Waals surface area contributed by atoms with E-state index in [-0.39, 0.29) is 11.1 Å². The maximum Gasteiger partial charge on any atom is 0.195 e. The summed E-state index contributed by atoms with van der Waals surface area (Å²) in [6, 6.07) is 1.69. The standard InChI is InChI=1S/C11H10BrNO2/c12-7-10(14)9-6-11(15-13-9)8-4-2-1-3-5-8/h2,4-6H,1,3,7H2. The summed E-state index contributed by atoms with van der Waals surface area (Å²) in [5, 5.41) is 4.00. The van der Waals surface area contributed by atoms with E-state index in [1.807, 2.05) is 6.08 Å². The van der Waals surface area contributed by atoms with Crippen molar-refractivity contribution in [3.05, 3.63) is 35.7 Å². The molecule has 1 heterocycles. The van der Waals surface area contributed by atoms with Gasteiger partial charge in [0.1, 0.15) is 0 Å². The van der Waals surface area contributed by atoms with E-state index >= 15 is 0 Å². The largest absolute Gasteiger partial charge is 0.356 e. The van der Waals surface area contributed by atoms with Gasteiger partial charge in [0, 0.05) is 11.6 Å². The average Bonchev–Trinajstić information content (AvgIpc) is 2.78. The predicted octanol–water partition coefficient (Wildman–Crippen LogP) is 2.99. The van der Waals surface area contributed by atoms with Gasteiger partial charge < -0.3 is 4.52 Å². The first-order valence-corrected chi connectivity index (χ1v) is 5.86. The zero-order valence-electron chi connectivity index (χ0n) is 8.07. The summed E-state index contributed by atoms with van der Waals surface area (Å²) < 4.78 is 5.12. The number of ketones is 1. The Morgan fingerprint density at radius 2 is 2.40 bits per heavy atom. The van der Waals surface area contributed by atoms with Crippen LogP contribution in [0.4, 0.5) is 0 Å². The lowest BCUT2D eigenvalue weighted by atomic mass is 10.0. The molecule has 3 nitrogen and oxygen atoms in total. The molecule has 0 aromatic carbocycles. The summed E-state index contributed by atoms with van der Waals surface area (Å²) in [5.74, 6) is 0.598. The van der Waals surface area contributed by atoms with E-state index in [0.717, 1.165) is 18.4 Å². The smallest absolute Gasteiger partial charge is 0.195 e. The third-order valence-electron chi connectivity index (χ3n) is 2.20. The monoisotopic (exact) mass is 267 g/mol. The molecule has 2 rings (SSSR count). The van der Waals surface area contributed by atoms with Crippen LogP contribution in [0, 0.1) is 0 Å². The molecule has 15 heavy (non-hydrogen) atoms. The number of nitrogens with zero attached hydrogens (tertiary/aromatic N) is 1. The lowest BCUT2D eigenvalue weighted by Gasteiger charge is -2.01. The van der Waals surface area contributed by atoms with Crippen LogP contribution in [0.2, 0.25) is 0 Å². The molecular weight excluding hydrogens is 258 g/mol. The molecule has 78 valence electrons. The minimum absolute atomic E-state index is 0.0645. The number of Topliss-reactive ketones (excluding diaryl/α,β-unsaturated/α-hetero) is 1. The van der Waals surface area contributed by atoms with Crippen molar-refractivity contribution in [3.8, 4) is 0 Å². The van der Waals surface area contributed by atoms with Crippen molar-refractivity contribution < 1.29 is 9.32 Å². The van der Waals surface area contributed by atoms with Crippen molar-refractivity contribution in [3.63, 3.8) is 0 Å². The number of rotatable bonds is 3. The predicted molar refractivity (Wildman–Crippen MR) is 61.0 cm³/mol. The van der Waals surface area contributed by atoms with Crippen molar-refractivity contribution in [1.29, 1.82) is 0 Å². The fraction of sp³-hybridized carbons (Fsp3) is 0.273. The van der Waals surface area contributed by atoms with Gasteiger partial charge in [0.05, 0.1) is 5.33 Å². The summed E-state index contributed by atoms with van der Waals surface area (Å²) >= 11 is 3.10. The van der Waals surface area contributed by atoms with Gasteiger partial charge in [-0.2, -0.15) is 0 Å². The van der Waals surface area contributed by atoms with Gasteiger partial charge >= 0.3 is 0 Å². The topological polar surface area (TPSA) is 43.1 Å². The Labute approximate surface area is 96.0 Å². The molecule has 1 aliphatic rings. The minimum atomic E-state index is -0.0645. The van der Waals surface area contributed by atoms with Crippen molar-refractivity contribution in [2.45, 2.75) is 12.8 Å². The summed E-state index contributed by atoms with van der Waals surface area (Å²) in [7, 11) is 0. The highest BCUT2D eigenvalue weighted by atomic mass is 79.9. The van der Waals surface area contributed by atoms with E-state index in [1.54, 1.807) is 6.07 Å². The minimum Gasteiger partial charge on any atom is -0.356 e. The van der Waals surface area contributed by atoms with Gasteiger partial charge in [-0.05, 0) is 12.8 Å². The molecule has 0 saturated heterocycles. The molecule has 0 bridgehead atoms. The van der Waals surface area contributed by atoms with Crippen LogP contribution in [0.25, 0.3) is 5.57 Å². The quantitative estimate of drug-likeness (QED) is 0.625. The van der Waals surface area contributed by atoms with E-state index in [1.165, 1.54) is 0 Å². The molecule has 4 heteroatoms. The van der Waals surface area contributed by atoms with Crippen molar-refractivity contribution >= 4 is 27.3 Å². The van der Waals surface area contributed by atoms with Gasteiger partial charge in [0.15, 0.2) is 17.2 Å². The highest BCUT2D eigenvalue weighted by molar-refractivity contribution is 9.09. The van der Waals surface area contributed by atoms with Crippen LogP contribution < -0.4 is 0 Å². The second-order valence-electron chi connectivity index (χ2n) is 3.27. The molecule has 0 spiro atoms. The Morgan fingerprint density at radius 1 is 1.53 bits per heavy atom. The SMILES string of the molecule is O=C(CBr)c1cc(C2=CCCC=C2)on1. The van der Waals surface area contributed by atoms with Crippen molar-refractivity contribution in [2.75, 3.05) is 5.33 Å². The molecule has 1 aromatic rings. The number of aromatic nitrogens is 1. The molecule has 0 amide bonds. The highest BCUT2D eigenvalue weighted by Gasteiger charge is 2.13. The number of carbonyl (C=O) groups is 1. The molecule has 0 aliphatic heterocycles. The zero-order chi connectivity index (χ0) is 10.7. The number of halogens is 1. The molecule has 0 fully saturated rings. The summed E-state index contributed by atoms with van der Waals surface area (Å²) in [6.45, 7) is 0. The molecule has 1 aromatic heterocycles. The van der Waals surface area contributed by atoms with Crippen LogP contribution in [0.5, 0.6) is 0 Å². The van der Waals surface area contributed by atoms with Crippen LogP contribution in [-0.2, 0) is 0 Å². The third kappa shape index (κ3) is 2.26. The maximum absolute atomic E-state index is 11.3. The Balaban J connectivity index is 2.23. The molecule has 0 saturated carbocycles. The lowest BCUT2D eigenvalue weighted by molar-refractivity contribution is 0.101. The van der Waals surface area contributed by atoms with Gasteiger partial charge in [0.25, 0.3) is 0 Å². The fourth-order valence-corrected chi connectivity index (χ4v) is 1.69. The molecule has 0 unspecified atom stereocenters. The Bertz CT molecular complexity index is 432. The Morgan fingerprint density at radius 3 is 3.07 bits per heavy atom. The van der Waals surface area contributed by atoms with Crippen LogP contribution in [0.1, 0.15) is 29.1 Å². The van der Waals surface area contributed by atoms with Crippen molar-refractivity contribution in [1.82, 2.24) is 5.16 Å². The number of hydrogen-bond acceptors (Lipinski definition) is 3. The lowest BCUT2D eigenvalue weighted by Crippen LogP contribution is -1.99. The average molecular weight is 268 g/mol. The maximum atomic E-state index is 11.3. The van der Waals surface area contributed by atoms with Crippen LogP contribution >= 0.6 is 15.9 Å². The van der Waals surface area contributed by atoms with E-state index in [0.29, 0.717) is 11.5 Å². The van der Waals surface area contributed by atoms with Gasteiger partial charge in [-0.15, -0.1) is 0 Å². The first-order chi connectivity index (χ1) is 7.31. The van der Waals surface area contributed by atoms with Crippen LogP contribution in [0.15, 0.2) is 28.8 Å². The van der Waals surface area contributed by atoms with Crippen molar-refractivity contribution in [2.24, 2.45) is 0 Å². The fourth-order valence-electron chi connectivity index (χ4n) is 1.41. The van der Waals surface area contributed by atoms with Gasteiger partial charge in [0.2, 0.25) is 0 Å². The van der Waals surface area contributed by atoms with E-state index < -0.39 is 0 Å². The summed E-state index contributed by atoms with van der Waals surface area (Å²) in [4.78, 5) is 11.3. The van der Waals surface area contributed by atoms with Crippen LogP contribution in [0.3, 0.4) is 0 Å². The molecular formula is C11H10BrNO2. The van der Waals surface area contributed by atoms with Gasteiger partial charge in [-0.25, -0.2) is 0 Å². The zero-order valence-corrected chi connectivity index (χ0v) is 9.66. The Kier molecular flexibility index (Phi) is 3.16. The molecule has 0 radical (unpaired) electrons. The second kappa shape index (κ2) is 4.57. The summed E-state index contributed by atoms with van der Waals surface area (Å²) in [5.41, 5.74) is 1.38. The number of hydrogen-bond donors (Lipinski definition) is 0. The second-order valence-corrected chi connectivity index (χ2v) is 3.83. The van der Waals surface area contributed by atoms with E-state index in [4.69, 9.17) is 4.52 Å². The van der Waals surface area contributed by atoms with Gasteiger partial charge in [-0.1, -0.05) is 39.3 Å². The number of carbonyl (C=O) groups excluding carboxylic acids is 1. The third-order valence-corrected chi connectivity index (χ3v) is 2.71.